The Morgan fingerprint density at radius 2 is 1.84 bits per heavy atom. The van der Waals surface area contributed by atoms with Crippen molar-refractivity contribution in [2.45, 2.75) is 96.1 Å². The molecular formula is C15H28O4. The van der Waals surface area contributed by atoms with Crippen LogP contribution in [-0.2, 0) is 14.2 Å². The van der Waals surface area contributed by atoms with Gasteiger partial charge in [-0.25, -0.2) is 0 Å². The Morgan fingerprint density at radius 1 is 1.11 bits per heavy atom. The summed E-state index contributed by atoms with van der Waals surface area (Å²) in [5.41, 5.74) is 0. The van der Waals surface area contributed by atoms with Crippen LogP contribution in [0.3, 0.4) is 0 Å². The molecule has 2 fully saturated rings. The van der Waals surface area contributed by atoms with Crippen molar-refractivity contribution in [3.05, 3.63) is 0 Å². The number of aliphatic hydroxyl groups excluding tert-OH is 1. The molecule has 2 aliphatic rings. The number of unbranched alkanes of at least 4 members (excludes halogenated alkanes) is 4. The second-order valence-corrected chi connectivity index (χ2v) is 6.23. The molecule has 0 bridgehead atoms. The molecule has 2 saturated heterocycles. The molecule has 112 valence electrons. The largest absolute Gasteiger partial charge is 0.366 e. The van der Waals surface area contributed by atoms with E-state index < -0.39 is 12.1 Å². The zero-order valence-corrected chi connectivity index (χ0v) is 12.4. The topological polar surface area (TPSA) is 47.9 Å². The molecule has 0 aromatic heterocycles. The fourth-order valence-corrected chi connectivity index (χ4v) is 3.04. The Bertz CT molecular complexity index is 279. The van der Waals surface area contributed by atoms with Crippen molar-refractivity contribution in [2.75, 3.05) is 0 Å². The number of rotatable bonds is 6. The highest BCUT2D eigenvalue weighted by molar-refractivity contribution is 4.89. The van der Waals surface area contributed by atoms with Crippen LogP contribution in [0.2, 0.25) is 0 Å². The molecule has 0 radical (unpaired) electrons. The van der Waals surface area contributed by atoms with Crippen molar-refractivity contribution in [1.82, 2.24) is 0 Å². The summed E-state index contributed by atoms with van der Waals surface area (Å²) in [6, 6.07) is 0. The van der Waals surface area contributed by atoms with Gasteiger partial charge in [-0.1, -0.05) is 39.0 Å². The first-order valence-electron chi connectivity index (χ1n) is 7.71. The molecule has 0 aromatic rings. The maximum absolute atomic E-state index is 10.00. The van der Waals surface area contributed by atoms with E-state index in [0.717, 1.165) is 12.8 Å². The summed E-state index contributed by atoms with van der Waals surface area (Å²) >= 11 is 0. The summed E-state index contributed by atoms with van der Waals surface area (Å²) in [6.07, 6.45) is 7.03. The molecule has 2 heterocycles. The average molecular weight is 272 g/mol. The van der Waals surface area contributed by atoms with Gasteiger partial charge in [-0.15, -0.1) is 0 Å². The van der Waals surface area contributed by atoms with E-state index in [-0.39, 0.29) is 18.3 Å². The van der Waals surface area contributed by atoms with Gasteiger partial charge in [0, 0.05) is 6.42 Å². The number of hydrogen-bond donors (Lipinski definition) is 1. The highest BCUT2D eigenvalue weighted by Gasteiger charge is 2.49. The molecule has 1 N–H and O–H groups in total. The van der Waals surface area contributed by atoms with E-state index in [0.29, 0.717) is 0 Å². The van der Waals surface area contributed by atoms with Crippen LogP contribution < -0.4 is 0 Å². The third-order valence-electron chi connectivity index (χ3n) is 3.96. The highest BCUT2D eigenvalue weighted by Crippen LogP contribution is 2.37. The van der Waals surface area contributed by atoms with Gasteiger partial charge in [-0.05, 0) is 20.3 Å². The van der Waals surface area contributed by atoms with Gasteiger partial charge < -0.3 is 19.3 Å². The van der Waals surface area contributed by atoms with E-state index in [9.17, 15) is 5.11 Å². The highest BCUT2D eigenvalue weighted by atomic mass is 16.8. The summed E-state index contributed by atoms with van der Waals surface area (Å²) in [5.74, 6) is -0.601. The zero-order chi connectivity index (χ0) is 13.9. The standard InChI is InChI=1S/C15H28O4/c1-4-5-6-7-8-9-11-10-12-13(14(16)17-11)19-15(2,3)18-12/h11-14,16H,4-10H2,1-3H3/t11-,12+,13+,14?/m1/s1. The normalized spacial score (nSPS) is 37.3. The fraction of sp³-hybridized carbons (Fsp3) is 1.00. The van der Waals surface area contributed by atoms with E-state index in [1.54, 1.807) is 0 Å². The summed E-state index contributed by atoms with van der Waals surface area (Å²) in [4.78, 5) is 0. The van der Waals surface area contributed by atoms with Gasteiger partial charge in [0.05, 0.1) is 12.2 Å². The van der Waals surface area contributed by atoms with Crippen LogP contribution in [0.15, 0.2) is 0 Å². The minimum atomic E-state index is -0.846. The minimum absolute atomic E-state index is 0.0283. The van der Waals surface area contributed by atoms with E-state index in [1.807, 2.05) is 13.8 Å². The van der Waals surface area contributed by atoms with Crippen LogP contribution in [0, 0.1) is 0 Å². The maximum Gasteiger partial charge on any atom is 0.184 e. The first-order chi connectivity index (χ1) is 9.02. The lowest BCUT2D eigenvalue weighted by molar-refractivity contribution is -0.230. The Hall–Kier alpha value is -0.160. The lowest BCUT2D eigenvalue weighted by Crippen LogP contribution is -2.46. The van der Waals surface area contributed by atoms with Crippen LogP contribution >= 0.6 is 0 Å². The summed E-state index contributed by atoms with van der Waals surface area (Å²) < 4.78 is 17.2. The van der Waals surface area contributed by atoms with Gasteiger partial charge in [0.1, 0.15) is 6.10 Å². The van der Waals surface area contributed by atoms with E-state index in [1.165, 1.54) is 32.1 Å². The van der Waals surface area contributed by atoms with Crippen LogP contribution in [0.25, 0.3) is 0 Å². The molecule has 0 aromatic carbocycles. The molecule has 2 rings (SSSR count). The second-order valence-electron chi connectivity index (χ2n) is 6.23. The number of ether oxygens (including phenoxy) is 3. The number of hydrogen-bond acceptors (Lipinski definition) is 4. The van der Waals surface area contributed by atoms with E-state index >= 15 is 0 Å². The van der Waals surface area contributed by atoms with E-state index in [2.05, 4.69) is 6.92 Å². The average Bonchev–Trinajstić information content (AvgIpc) is 2.64. The van der Waals surface area contributed by atoms with Gasteiger partial charge in [-0.3, -0.25) is 0 Å². The number of fused-ring (bicyclic) bond motifs is 1. The molecule has 0 aliphatic carbocycles. The third kappa shape index (κ3) is 4.15. The van der Waals surface area contributed by atoms with Crippen molar-refractivity contribution >= 4 is 0 Å². The lowest BCUT2D eigenvalue weighted by atomic mass is 9.98. The van der Waals surface area contributed by atoms with E-state index in [4.69, 9.17) is 14.2 Å². The Morgan fingerprint density at radius 3 is 2.58 bits per heavy atom. The molecule has 0 amide bonds. The number of aliphatic hydroxyl groups is 1. The molecule has 1 unspecified atom stereocenters. The summed E-state index contributed by atoms with van der Waals surface area (Å²) in [5, 5.41) is 10.00. The minimum Gasteiger partial charge on any atom is -0.366 e. The lowest BCUT2D eigenvalue weighted by Gasteiger charge is -2.33. The van der Waals surface area contributed by atoms with Crippen molar-refractivity contribution in [2.24, 2.45) is 0 Å². The Kier molecular flexibility index (Phi) is 5.23. The first kappa shape index (κ1) is 15.2. The quantitative estimate of drug-likeness (QED) is 0.755. The Labute approximate surface area is 116 Å². The SMILES string of the molecule is CCCCCCC[C@@H]1C[C@@H]2OC(C)(C)O[C@@H]2C(O)O1. The van der Waals surface area contributed by atoms with Gasteiger partial charge in [0.2, 0.25) is 0 Å². The predicted molar refractivity (Wildman–Crippen MR) is 72.7 cm³/mol. The molecule has 4 heteroatoms. The summed E-state index contributed by atoms with van der Waals surface area (Å²) in [7, 11) is 0. The molecule has 0 spiro atoms. The smallest absolute Gasteiger partial charge is 0.184 e. The summed E-state index contributed by atoms with van der Waals surface area (Å²) in [6.45, 7) is 6.00. The molecule has 4 nitrogen and oxygen atoms in total. The monoisotopic (exact) mass is 272 g/mol. The van der Waals surface area contributed by atoms with Gasteiger partial charge in [0.25, 0.3) is 0 Å². The van der Waals surface area contributed by atoms with Crippen LogP contribution in [-0.4, -0.2) is 35.5 Å². The van der Waals surface area contributed by atoms with Gasteiger partial charge >= 0.3 is 0 Å². The van der Waals surface area contributed by atoms with Crippen molar-refractivity contribution in [1.29, 1.82) is 0 Å². The van der Waals surface area contributed by atoms with Crippen LogP contribution in [0.4, 0.5) is 0 Å². The molecule has 0 saturated carbocycles. The maximum atomic E-state index is 10.00. The second kappa shape index (κ2) is 6.53. The zero-order valence-electron chi connectivity index (χ0n) is 12.4. The molecule has 19 heavy (non-hydrogen) atoms. The molecule has 4 atom stereocenters. The first-order valence-corrected chi connectivity index (χ1v) is 7.71. The Balaban J connectivity index is 1.73. The van der Waals surface area contributed by atoms with Gasteiger partial charge in [0.15, 0.2) is 12.1 Å². The fourth-order valence-electron chi connectivity index (χ4n) is 3.04. The predicted octanol–water partition coefficient (Wildman–Crippen LogP) is 2.97. The van der Waals surface area contributed by atoms with Crippen molar-refractivity contribution in [3.63, 3.8) is 0 Å². The molecular weight excluding hydrogens is 244 g/mol. The van der Waals surface area contributed by atoms with Crippen molar-refractivity contribution < 1.29 is 19.3 Å². The van der Waals surface area contributed by atoms with Gasteiger partial charge in [-0.2, -0.15) is 0 Å². The third-order valence-corrected chi connectivity index (χ3v) is 3.96. The van der Waals surface area contributed by atoms with Crippen LogP contribution in [0.1, 0.15) is 65.7 Å². The molecule has 2 aliphatic heterocycles. The van der Waals surface area contributed by atoms with Crippen LogP contribution in [0.5, 0.6) is 0 Å². The van der Waals surface area contributed by atoms with Crippen molar-refractivity contribution in [3.8, 4) is 0 Å².